The van der Waals surface area contributed by atoms with E-state index in [-0.39, 0.29) is 18.2 Å². The number of anilines is 1. The summed E-state index contributed by atoms with van der Waals surface area (Å²) in [7, 11) is 0. The fourth-order valence-corrected chi connectivity index (χ4v) is 5.06. The molecule has 1 unspecified atom stereocenters. The Balaban J connectivity index is 1.31. The van der Waals surface area contributed by atoms with Crippen molar-refractivity contribution in [3.63, 3.8) is 0 Å². The molecule has 39 heavy (non-hydrogen) atoms. The van der Waals surface area contributed by atoms with Crippen molar-refractivity contribution in [3.8, 4) is 5.69 Å². The third-order valence-electron chi connectivity index (χ3n) is 7.34. The molecular weight excluding hydrogens is 489 g/mol. The van der Waals surface area contributed by atoms with Crippen LogP contribution in [0.25, 0.3) is 16.5 Å². The molecule has 5 aromatic rings. The molecular formula is C32H30FN5O. The van der Waals surface area contributed by atoms with Crippen LogP contribution in [-0.2, 0) is 6.42 Å². The van der Waals surface area contributed by atoms with Crippen LogP contribution in [0.5, 0.6) is 0 Å². The molecule has 7 heteroatoms. The lowest BCUT2D eigenvalue weighted by Gasteiger charge is -2.21. The van der Waals surface area contributed by atoms with Crippen LogP contribution in [0.3, 0.4) is 0 Å². The standard InChI is InChI=1S/C32H30FN5O/c1-20-15-29(38(37-20)26-11-9-22-13-14-35-32(34)27(22)18-26)30(39)17-25-16-24(10-12-28(25)33)31(36-19-21-7-8-21)23-5-3-2-4-6-23/h2-6,9-16,18,21,31,36H,7-8,17,19H2,1H3,(H2,34,35). The summed E-state index contributed by atoms with van der Waals surface area (Å²) in [6, 6.07) is 24.5. The third-order valence-corrected chi connectivity index (χ3v) is 7.34. The minimum Gasteiger partial charge on any atom is -0.383 e. The number of halogens is 1. The van der Waals surface area contributed by atoms with E-state index in [4.69, 9.17) is 5.73 Å². The Morgan fingerprint density at radius 1 is 1.05 bits per heavy atom. The molecule has 3 aromatic carbocycles. The summed E-state index contributed by atoms with van der Waals surface area (Å²) in [5.74, 6) is 0.497. The summed E-state index contributed by atoms with van der Waals surface area (Å²) < 4.78 is 16.7. The van der Waals surface area contributed by atoms with Gasteiger partial charge in [0.25, 0.3) is 0 Å². The summed E-state index contributed by atoms with van der Waals surface area (Å²) in [6.45, 7) is 2.75. The predicted molar refractivity (Wildman–Crippen MR) is 151 cm³/mol. The molecule has 6 nitrogen and oxygen atoms in total. The fourth-order valence-electron chi connectivity index (χ4n) is 5.06. The number of fused-ring (bicyclic) bond motifs is 1. The molecule has 1 aliphatic rings. The number of ketones is 1. The quantitative estimate of drug-likeness (QED) is 0.235. The first-order chi connectivity index (χ1) is 19.0. The molecule has 0 bridgehead atoms. The summed E-state index contributed by atoms with van der Waals surface area (Å²) in [5.41, 5.74) is 10.3. The lowest BCUT2D eigenvalue weighted by Crippen LogP contribution is -2.25. The van der Waals surface area contributed by atoms with Crippen molar-refractivity contribution < 1.29 is 9.18 Å². The van der Waals surface area contributed by atoms with Crippen LogP contribution in [0, 0.1) is 18.7 Å². The maximum atomic E-state index is 15.1. The van der Waals surface area contributed by atoms with Crippen molar-refractivity contribution in [2.75, 3.05) is 12.3 Å². The van der Waals surface area contributed by atoms with E-state index in [0.29, 0.717) is 34.4 Å². The highest BCUT2D eigenvalue weighted by Crippen LogP contribution is 2.31. The number of hydrogen-bond acceptors (Lipinski definition) is 5. The Kier molecular flexibility index (Phi) is 6.67. The van der Waals surface area contributed by atoms with E-state index in [1.165, 1.54) is 18.9 Å². The molecule has 0 aliphatic heterocycles. The number of aryl methyl sites for hydroxylation is 1. The van der Waals surface area contributed by atoms with Gasteiger partial charge in [-0.15, -0.1) is 0 Å². The highest BCUT2D eigenvalue weighted by molar-refractivity contribution is 5.97. The number of benzene rings is 3. The van der Waals surface area contributed by atoms with E-state index in [1.807, 2.05) is 61.5 Å². The van der Waals surface area contributed by atoms with Gasteiger partial charge in [0.15, 0.2) is 5.78 Å². The molecule has 0 radical (unpaired) electrons. The fraction of sp³-hybridized carbons (Fsp3) is 0.219. The summed E-state index contributed by atoms with van der Waals surface area (Å²) in [4.78, 5) is 17.8. The van der Waals surface area contributed by atoms with Crippen LogP contribution in [0.1, 0.15) is 51.8 Å². The van der Waals surface area contributed by atoms with E-state index in [9.17, 15) is 4.79 Å². The van der Waals surface area contributed by atoms with Gasteiger partial charge in [-0.25, -0.2) is 14.1 Å². The largest absolute Gasteiger partial charge is 0.383 e. The summed E-state index contributed by atoms with van der Waals surface area (Å²) in [5, 5.41) is 9.96. The van der Waals surface area contributed by atoms with Crippen molar-refractivity contribution in [1.82, 2.24) is 20.1 Å². The van der Waals surface area contributed by atoms with Crippen molar-refractivity contribution >= 4 is 22.4 Å². The van der Waals surface area contributed by atoms with Crippen molar-refractivity contribution in [3.05, 3.63) is 119 Å². The zero-order valence-corrected chi connectivity index (χ0v) is 21.8. The first-order valence-corrected chi connectivity index (χ1v) is 13.3. The number of carbonyl (C=O) groups excluding carboxylic acids is 1. The second-order valence-electron chi connectivity index (χ2n) is 10.3. The van der Waals surface area contributed by atoms with E-state index >= 15 is 4.39 Å². The second-order valence-corrected chi connectivity index (χ2v) is 10.3. The van der Waals surface area contributed by atoms with E-state index in [1.54, 1.807) is 16.9 Å². The lowest BCUT2D eigenvalue weighted by atomic mass is 9.95. The minimum absolute atomic E-state index is 0.0772. The van der Waals surface area contributed by atoms with E-state index in [0.717, 1.165) is 28.4 Å². The number of rotatable bonds is 9. The Bertz CT molecular complexity index is 1660. The van der Waals surface area contributed by atoms with Crippen LogP contribution in [0.15, 0.2) is 85.1 Å². The Hall–Kier alpha value is -4.36. The minimum atomic E-state index is -0.395. The molecule has 1 atom stereocenters. The normalized spacial score (nSPS) is 14.0. The van der Waals surface area contributed by atoms with Crippen LogP contribution >= 0.6 is 0 Å². The van der Waals surface area contributed by atoms with Crippen LogP contribution in [0.2, 0.25) is 0 Å². The second kappa shape index (κ2) is 10.4. The van der Waals surface area contributed by atoms with E-state index in [2.05, 4.69) is 27.5 Å². The van der Waals surface area contributed by atoms with Crippen molar-refractivity contribution in [2.45, 2.75) is 32.2 Å². The Morgan fingerprint density at radius 3 is 2.67 bits per heavy atom. The van der Waals surface area contributed by atoms with Gasteiger partial charge in [0, 0.05) is 18.0 Å². The van der Waals surface area contributed by atoms with Crippen LogP contribution < -0.4 is 11.1 Å². The number of hydrogen-bond donors (Lipinski definition) is 2. The maximum absolute atomic E-state index is 15.1. The van der Waals surface area contributed by atoms with Gasteiger partial charge in [0.05, 0.1) is 17.4 Å². The molecule has 0 amide bonds. The predicted octanol–water partition coefficient (Wildman–Crippen LogP) is 5.96. The summed E-state index contributed by atoms with van der Waals surface area (Å²) >= 11 is 0. The number of nitrogen functional groups attached to an aromatic ring is 1. The maximum Gasteiger partial charge on any atom is 0.185 e. The molecule has 0 spiro atoms. The van der Waals surface area contributed by atoms with Gasteiger partial charge >= 0.3 is 0 Å². The molecule has 3 N–H and O–H groups in total. The smallest absolute Gasteiger partial charge is 0.185 e. The van der Waals surface area contributed by atoms with Gasteiger partial charge < -0.3 is 11.1 Å². The number of carbonyl (C=O) groups is 1. The van der Waals surface area contributed by atoms with Gasteiger partial charge in [-0.05, 0) is 84.6 Å². The first kappa shape index (κ1) is 24.9. The molecule has 1 fully saturated rings. The number of pyridine rings is 1. The third kappa shape index (κ3) is 5.31. The topological polar surface area (TPSA) is 85.8 Å². The number of aromatic nitrogens is 3. The lowest BCUT2D eigenvalue weighted by molar-refractivity contribution is 0.0984. The molecule has 2 aromatic heterocycles. The number of nitrogens with zero attached hydrogens (tertiary/aromatic N) is 3. The number of nitrogens with two attached hydrogens (primary N) is 1. The van der Waals surface area contributed by atoms with E-state index < -0.39 is 5.82 Å². The van der Waals surface area contributed by atoms with Gasteiger partial charge in [-0.3, -0.25) is 4.79 Å². The first-order valence-electron chi connectivity index (χ1n) is 13.3. The Morgan fingerprint density at radius 2 is 1.87 bits per heavy atom. The molecule has 1 saturated carbocycles. The average molecular weight is 520 g/mol. The van der Waals surface area contributed by atoms with Gasteiger partial charge in [-0.1, -0.05) is 48.5 Å². The van der Waals surface area contributed by atoms with Crippen molar-refractivity contribution in [2.24, 2.45) is 5.92 Å². The molecule has 6 rings (SSSR count). The van der Waals surface area contributed by atoms with Gasteiger partial charge in [-0.2, -0.15) is 5.10 Å². The molecule has 2 heterocycles. The summed E-state index contributed by atoms with van der Waals surface area (Å²) in [6.07, 6.45) is 4.07. The molecule has 1 aliphatic carbocycles. The van der Waals surface area contributed by atoms with Crippen LogP contribution in [-0.4, -0.2) is 27.1 Å². The SMILES string of the molecule is Cc1cc(C(=O)Cc2cc(C(NCC3CC3)c3ccccc3)ccc2F)n(-c2ccc3ccnc(N)c3c2)n1. The number of nitrogens with one attached hydrogen (secondary N) is 1. The molecule has 0 saturated heterocycles. The monoisotopic (exact) mass is 519 g/mol. The zero-order valence-electron chi connectivity index (χ0n) is 21.8. The number of Topliss-reactive ketones (excluding diaryl/α,β-unsaturated/α-hetero) is 1. The highest BCUT2D eigenvalue weighted by Gasteiger charge is 2.24. The average Bonchev–Trinajstić information content (AvgIpc) is 3.69. The van der Waals surface area contributed by atoms with Crippen molar-refractivity contribution in [1.29, 1.82) is 0 Å². The van der Waals surface area contributed by atoms with Gasteiger partial charge in [0.1, 0.15) is 17.3 Å². The zero-order chi connectivity index (χ0) is 26.9. The highest BCUT2D eigenvalue weighted by atomic mass is 19.1. The van der Waals surface area contributed by atoms with Gasteiger partial charge in [0.2, 0.25) is 0 Å². The Labute approximate surface area is 226 Å². The molecule has 196 valence electrons. The van der Waals surface area contributed by atoms with Crippen LogP contribution in [0.4, 0.5) is 10.2 Å².